The SMILES string of the molecule is CCC(C)c1ccccc1OCC(=O)NN=Cc1cccc([N+](=O)[O-])c1. The lowest BCUT2D eigenvalue weighted by atomic mass is 9.98. The predicted molar refractivity (Wildman–Crippen MR) is 99.5 cm³/mol. The van der Waals surface area contributed by atoms with Gasteiger partial charge in [-0.25, -0.2) is 5.43 Å². The Morgan fingerprint density at radius 2 is 2.08 bits per heavy atom. The van der Waals surface area contributed by atoms with Crippen LogP contribution in [0.4, 0.5) is 5.69 Å². The highest BCUT2D eigenvalue weighted by Crippen LogP contribution is 2.28. The van der Waals surface area contributed by atoms with Crippen LogP contribution in [0.25, 0.3) is 0 Å². The fourth-order valence-electron chi connectivity index (χ4n) is 2.31. The Balaban J connectivity index is 1.90. The fourth-order valence-corrected chi connectivity index (χ4v) is 2.31. The van der Waals surface area contributed by atoms with Crippen molar-refractivity contribution in [3.05, 3.63) is 69.8 Å². The number of nitrogens with one attached hydrogen (secondary N) is 1. The van der Waals surface area contributed by atoms with Gasteiger partial charge in [-0.1, -0.05) is 44.2 Å². The Hall–Kier alpha value is -3.22. The Bertz CT molecular complexity index is 805. The summed E-state index contributed by atoms with van der Waals surface area (Å²) in [5, 5.41) is 14.5. The number of hydrogen-bond donors (Lipinski definition) is 1. The summed E-state index contributed by atoms with van der Waals surface area (Å²) in [6.07, 6.45) is 2.32. The summed E-state index contributed by atoms with van der Waals surface area (Å²) in [5.74, 6) is 0.603. The van der Waals surface area contributed by atoms with Gasteiger partial charge >= 0.3 is 0 Å². The lowest BCUT2D eigenvalue weighted by molar-refractivity contribution is -0.384. The van der Waals surface area contributed by atoms with Gasteiger partial charge in [0.15, 0.2) is 6.61 Å². The molecule has 1 amide bonds. The molecule has 0 saturated carbocycles. The third-order valence-corrected chi connectivity index (χ3v) is 3.90. The van der Waals surface area contributed by atoms with Gasteiger partial charge in [-0.05, 0) is 24.0 Å². The van der Waals surface area contributed by atoms with Crippen molar-refractivity contribution < 1.29 is 14.5 Å². The molecule has 2 aromatic rings. The first-order valence-corrected chi connectivity index (χ1v) is 8.29. The van der Waals surface area contributed by atoms with Crippen molar-refractivity contribution >= 4 is 17.8 Å². The quantitative estimate of drug-likeness (QED) is 0.444. The average molecular weight is 355 g/mol. The van der Waals surface area contributed by atoms with E-state index >= 15 is 0 Å². The minimum atomic E-state index is -0.488. The first-order chi connectivity index (χ1) is 12.5. The molecule has 0 heterocycles. The number of nitro groups is 1. The van der Waals surface area contributed by atoms with E-state index in [0.717, 1.165) is 12.0 Å². The number of para-hydroxylation sites is 1. The molecule has 0 fully saturated rings. The van der Waals surface area contributed by atoms with Crippen LogP contribution in [0.1, 0.15) is 37.3 Å². The molecule has 2 aromatic carbocycles. The van der Waals surface area contributed by atoms with Gasteiger partial charge in [-0.3, -0.25) is 14.9 Å². The molecular weight excluding hydrogens is 334 g/mol. The van der Waals surface area contributed by atoms with Crippen LogP contribution < -0.4 is 10.2 Å². The second-order valence-corrected chi connectivity index (χ2v) is 5.78. The summed E-state index contributed by atoms with van der Waals surface area (Å²) in [6, 6.07) is 13.6. The zero-order valence-corrected chi connectivity index (χ0v) is 14.7. The number of nitrogens with zero attached hydrogens (tertiary/aromatic N) is 2. The lowest BCUT2D eigenvalue weighted by Gasteiger charge is -2.15. The summed E-state index contributed by atoms with van der Waals surface area (Å²) < 4.78 is 5.60. The van der Waals surface area contributed by atoms with Crippen LogP contribution in [-0.2, 0) is 4.79 Å². The monoisotopic (exact) mass is 355 g/mol. The molecule has 0 aliphatic rings. The van der Waals surface area contributed by atoms with Gasteiger partial charge in [0.1, 0.15) is 5.75 Å². The summed E-state index contributed by atoms with van der Waals surface area (Å²) in [7, 11) is 0. The molecule has 0 saturated heterocycles. The zero-order valence-electron chi connectivity index (χ0n) is 14.7. The van der Waals surface area contributed by atoms with E-state index in [9.17, 15) is 14.9 Å². The maximum atomic E-state index is 11.9. The van der Waals surface area contributed by atoms with Gasteiger partial charge in [0, 0.05) is 17.7 Å². The van der Waals surface area contributed by atoms with E-state index in [-0.39, 0.29) is 12.3 Å². The number of hydrazone groups is 1. The molecule has 0 spiro atoms. The summed E-state index contributed by atoms with van der Waals surface area (Å²) in [4.78, 5) is 22.1. The Kier molecular flexibility index (Phi) is 6.84. The van der Waals surface area contributed by atoms with E-state index in [1.54, 1.807) is 12.1 Å². The van der Waals surface area contributed by atoms with Gasteiger partial charge in [0.05, 0.1) is 11.1 Å². The molecular formula is C19H21N3O4. The smallest absolute Gasteiger partial charge is 0.277 e. The van der Waals surface area contributed by atoms with Crippen molar-refractivity contribution in [1.29, 1.82) is 0 Å². The van der Waals surface area contributed by atoms with Crippen molar-refractivity contribution in [2.75, 3.05) is 6.61 Å². The molecule has 0 aliphatic heterocycles. The molecule has 1 atom stereocenters. The van der Waals surface area contributed by atoms with Gasteiger partial charge in [0.2, 0.25) is 0 Å². The molecule has 136 valence electrons. The van der Waals surface area contributed by atoms with E-state index < -0.39 is 10.8 Å². The van der Waals surface area contributed by atoms with E-state index in [1.165, 1.54) is 18.3 Å². The Morgan fingerprint density at radius 1 is 1.31 bits per heavy atom. The van der Waals surface area contributed by atoms with Gasteiger partial charge in [-0.2, -0.15) is 5.10 Å². The second-order valence-electron chi connectivity index (χ2n) is 5.78. The van der Waals surface area contributed by atoms with Gasteiger partial charge in [0.25, 0.3) is 11.6 Å². The molecule has 1 N–H and O–H groups in total. The van der Waals surface area contributed by atoms with E-state index in [2.05, 4.69) is 24.4 Å². The molecule has 7 heteroatoms. The highest BCUT2D eigenvalue weighted by molar-refractivity contribution is 5.83. The van der Waals surface area contributed by atoms with Crippen molar-refractivity contribution in [3.63, 3.8) is 0 Å². The van der Waals surface area contributed by atoms with Crippen LogP contribution >= 0.6 is 0 Å². The second kappa shape index (κ2) is 9.31. The molecule has 0 bridgehead atoms. The van der Waals surface area contributed by atoms with E-state index in [1.807, 2.05) is 24.3 Å². The van der Waals surface area contributed by atoms with Crippen molar-refractivity contribution in [2.45, 2.75) is 26.2 Å². The molecule has 26 heavy (non-hydrogen) atoms. The molecule has 7 nitrogen and oxygen atoms in total. The maximum absolute atomic E-state index is 11.9. The third-order valence-electron chi connectivity index (χ3n) is 3.90. The molecule has 2 rings (SSSR count). The molecule has 0 aromatic heterocycles. The van der Waals surface area contributed by atoms with Crippen LogP contribution in [0.5, 0.6) is 5.75 Å². The Labute approximate surface area is 151 Å². The Morgan fingerprint density at radius 3 is 2.81 bits per heavy atom. The average Bonchev–Trinajstić information content (AvgIpc) is 2.66. The number of nitro benzene ring substituents is 1. The fraction of sp³-hybridized carbons (Fsp3) is 0.263. The molecule has 0 aliphatic carbocycles. The topological polar surface area (TPSA) is 93.8 Å². The van der Waals surface area contributed by atoms with E-state index in [0.29, 0.717) is 17.2 Å². The summed E-state index contributed by atoms with van der Waals surface area (Å²) in [6.45, 7) is 4.03. The number of ether oxygens (including phenoxy) is 1. The minimum Gasteiger partial charge on any atom is -0.483 e. The first kappa shape index (κ1) is 19.1. The summed E-state index contributed by atoms with van der Waals surface area (Å²) >= 11 is 0. The standard InChI is InChI=1S/C19H21N3O4/c1-3-14(2)17-9-4-5-10-18(17)26-13-19(23)21-20-12-15-7-6-8-16(11-15)22(24)25/h4-12,14H,3,13H2,1-2H3,(H,21,23). The minimum absolute atomic E-state index is 0.0368. The van der Waals surface area contributed by atoms with Gasteiger partial charge < -0.3 is 4.74 Å². The number of non-ortho nitro benzene ring substituents is 1. The number of benzene rings is 2. The normalized spacial score (nSPS) is 11.9. The van der Waals surface area contributed by atoms with Gasteiger partial charge in [-0.15, -0.1) is 0 Å². The van der Waals surface area contributed by atoms with Crippen LogP contribution in [0.3, 0.4) is 0 Å². The first-order valence-electron chi connectivity index (χ1n) is 8.29. The van der Waals surface area contributed by atoms with Crippen molar-refractivity contribution in [2.24, 2.45) is 5.10 Å². The number of carbonyl (C=O) groups excluding carboxylic acids is 1. The number of hydrogen-bond acceptors (Lipinski definition) is 5. The van der Waals surface area contributed by atoms with Crippen molar-refractivity contribution in [3.8, 4) is 5.75 Å². The number of amides is 1. The third kappa shape index (κ3) is 5.41. The predicted octanol–water partition coefficient (Wildman–Crippen LogP) is 3.64. The zero-order chi connectivity index (χ0) is 18.9. The van der Waals surface area contributed by atoms with Crippen LogP contribution in [0, 0.1) is 10.1 Å². The number of carbonyl (C=O) groups is 1. The lowest BCUT2D eigenvalue weighted by Crippen LogP contribution is -2.25. The molecule has 0 radical (unpaired) electrons. The van der Waals surface area contributed by atoms with Crippen molar-refractivity contribution in [1.82, 2.24) is 5.43 Å². The molecule has 1 unspecified atom stereocenters. The number of rotatable bonds is 8. The largest absolute Gasteiger partial charge is 0.483 e. The van der Waals surface area contributed by atoms with Crippen LogP contribution in [0.15, 0.2) is 53.6 Å². The van der Waals surface area contributed by atoms with E-state index in [4.69, 9.17) is 4.74 Å². The summed E-state index contributed by atoms with van der Waals surface area (Å²) in [5.41, 5.74) is 3.89. The highest BCUT2D eigenvalue weighted by atomic mass is 16.6. The highest BCUT2D eigenvalue weighted by Gasteiger charge is 2.11. The maximum Gasteiger partial charge on any atom is 0.277 e. The van der Waals surface area contributed by atoms with Crippen LogP contribution in [0.2, 0.25) is 0 Å². The van der Waals surface area contributed by atoms with Crippen LogP contribution in [-0.4, -0.2) is 23.7 Å².